The zero-order valence-electron chi connectivity index (χ0n) is 22.7. The topological polar surface area (TPSA) is 140 Å². The fourth-order valence-electron chi connectivity index (χ4n) is 7.19. The zero-order valence-corrected chi connectivity index (χ0v) is 24.3. The molecule has 9 nitrogen and oxygen atoms in total. The lowest BCUT2D eigenvalue weighted by Gasteiger charge is -2.60. The molecule has 4 aliphatic rings. The van der Waals surface area contributed by atoms with Gasteiger partial charge in [-0.25, -0.2) is 0 Å². The van der Waals surface area contributed by atoms with E-state index in [0.29, 0.717) is 31.1 Å². The van der Waals surface area contributed by atoms with E-state index in [0.717, 1.165) is 43.4 Å². The van der Waals surface area contributed by atoms with Gasteiger partial charge in [-0.1, -0.05) is 30.3 Å². The van der Waals surface area contributed by atoms with Gasteiger partial charge in [-0.15, -0.1) is 12.4 Å². The molecular weight excluding hydrogens is 540 g/mol. The van der Waals surface area contributed by atoms with Crippen LogP contribution in [-0.2, 0) is 30.3 Å². The summed E-state index contributed by atoms with van der Waals surface area (Å²) < 4.78 is 5.20. The lowest BCUT2D eigenvalue weighted by atomic mass is 9.47. The van der Waals surface area contributed by atoms with Crippen molar-refractivity contribution in [2.75, 3.05) is 25.7 Å². The standard InChI is InChI=1S/C28H40N4O5S.ClH/c1-37-26(36)27-12-19-10-20(13-27)15-28(14-19,17-27)32-25(35)22(11-18-6-4-3-5-7-18)31-23(33)16-30-24(34)21(29)8-9-38-2;/h3-7,19-22H,8-17,29H2,1-2H3,(H,30,34)(H,31,33)(H,32,35);1H/t19?,20?,21-,22+,27?,28?;/m1./s1. The van der Waals surface area contributed by atoms with E-state index < -0.39 is 28.9 Å². The average molecular weight is 581 g/mol. The molecule has 0 aliphatic heterocycles. The summed E-state index contributed by atoms with van der Waals surface area (Å²) in [4.78, 5) is 51.6. The van der Waals surface area contributed by atoms with E-state index in [4.69, 9.17) is 10.5 Å². The van der Waals surface area contributed by atoms with Gasteiger partial charge in [0.15, 0.2) is 0 Å². The molecular formula is C28H41ClN4O5S. The van der Waals surface area contributed by atoms with E-state index in [9.17, 15) is 19.2 Å². The van der Waals surface area contributed by atoms with Crippen LogP contribution in [-0.4, -0.2) is 67.0 Å². The number of halogens is 1. The lowest BCUT2D eigenvalue weighted by Crippen LogP contribution is -2.66. The molecule has 216 valence electrons. The van der Waals surface area contributed by atoms with E-state index in [-0.39, 0.29) is 36.7 Å². The number of benzene rings is 1. The molecule has 2 unspecified atom stereocenters. The molecule has 4 fully saturated rings. The van der Waals surface area contributed by atoms with Crippen molar-refractivity contribution >= 4 is 47.9 Å². The van der Waals surface area contributed by atoms with Crippen LogP contribution in [0.2, 0.25) is 0 Å². The molecule has 0 heterocycles. The molecule has 0 aromatic heterocycles. The average Bonchev–Trinajstić information content (AvgIpc) is 2.89. The molecule has 0 spiro atoms. The Labute approximate surface area is 240 Å². The molecule has 11 heteroatoms. The smallest absolute Gasteiger partial charge is 0.311 e. The number of ether oxygens (including phenoxy) is 1. The predicted molar refractivity (Wildman–Crippen MR) is 153 cm³/mol. The van der Waals surface area contributed by atoms with Gasteiger partial charge in [0.25, 0.3) is 0 Å². The second-order valence-corrected chi connectivity index (χ2v) is 12.4. The van der Waals surface area contributed by atoms with E-state index in [1.165, 1.54) is 7.11 Å². The third-order valence-corrected chi connectivity index (χ3v) is 9.04. The minimum absolute atomic E-state index is 0. The van der Waals surface area contributed by atoms with Crippen LogP contribution >= 0.6 is 24.2 Å². The predicted octanol–water partition coefficient (Wildman–Crippen LogP) is 1.96. The summed E-state index contributed by atoms with van der Waals surface area (Å²) in [5.74, 6) is 0.216. The molecule has 4 atom stereocenters. The largest absolute Gasteiger partial charge is 0.469 e. The number of nitrogens with one attached hydrogen (secondary N) is 3. The summed E-state index contributed by atoms with van der Waals surface area (Å²) in [5.41, 5.74) is 5.79. The molecule has 1 aromatic carbocycles. The quantitative estimate of drug-likeness (QED) is 0.277. The van der Waals surface area contributed by atoms with Gasteiger partial charge in [-0.05, 0) is 74.4 Å². The van der Waals surface area contributed by atoms with Gasteiger partial charge in [0.05, 0.1) is 25.1 Å². The Morgan fingerprint density at radius 2 is 1.74 bits per heavy atom. The van der Waals surface area contributed by atoms with Crippen molar-refractivity contribution in [1.29, 1.82) is 0 Å². The van der Waals surface area contributed by atoms with Crippen LogP contribution in [0, 0.1) is 17.3 Å². The summed E-state index contributed by atoms with van der Waals surface area (Å²) in [6, 6.07) is 8.00. The lowest BCUT2D eigenvalue weighted by molar-refractivity contribution is -0.173. The number of amides is 3. The Hall–Kier alpha value is -2.30. The highest BCUT2D eigenvalue weighted by Gasteiger charge is 2.61. The van der Waals surface area contributed by atoms with Crippen molar-refractivity contribution in [3.05, 3.63) is 35.9 Å². The third-order valence-electron chi connectivity index (χ3n) is 8.40. The van der Waals surface area contributed by atoms with Gasteiger partial charge < -0.3 is 26.4 Å². The van der Waals surface area contributed by atoms with Crippen molar-refractivity contribution < 1.29 is 23.9 Å². The van der Waals surface area contributed by atoms with Gasteiger partial charge in [-0.3, -0.25) is 19.2 Å². The Balaban J connectivity index is 0.00000420. The highest BCUT2D eigenvalue weighted by atomic mass is 35.5. The van der Waals surface area contributed by atoms with Gasteiger partial charge in [0, 0.05) is 12.0 Å². The highest BCUT2D eigenvalue weighted by molar-refractivity contribution is 7.98. The summed E-state index contributed by atoms with van der Waals surface area (Å²) in [5, 5.41) is 8.70. The van der Waals surface area contributed by atoms with Crippen molar-refractivity contribution in [3.63, 3.8) is 0 Å². The fourth-order valence-corrected chi connectivity index (χ4v) is 7.68. The van der Waals surface area contributed by atoms with E-state index >= 15 is 0 Å². The fraction of sp³-hybridized carbons (Fsp3) is 0.643. The van der Waals surface area contributed by atoms with Crippen LogP contribution in [0.15, 0.2) is 30.3 Å². The number of thioether (sulfide) groups is 1. The molecule has 0 radical (unpaired) electrons. The van der Waals surface area contributed by atoms with Crippen molar-refractivity contribution in [2.45, 2.75) is 69.0 Å². The summed E-state index contributed by atoms with van der Waals surface area (Å²) in [7, 11) is 1.44. The number of hydrogen-bond donors (Lipinski definition) is 4. The number of carbonyl (C=O) groups excluding carboxylic acids is 4. The van der Waals surface area contributed by atoms with Crippen LogP contribution in [0.4, 0.5) is 0 Å². The molecule has 5 rings (SSSR count). The normalized spacial score (nSPS) is 28.0. The maximum atomic E-state index is 13.7. The Morgan fingerprint density at radius 3 is 2.36 bits per heavy atom. The van der Waals surface area contributed by atoms with Gasteiger partial charge in [0.1, 0.15) is 6.04 Å². The summed E-state index contributed by atoms with van der Waals surface area (Å²) >= 11 is 1.60. The number of carbonyl (C=O) groups is 4. The molecule has 4 saturated carbocycles. The van der Waals surface area contributed by atoms with Crippen molar-refractivity contribution in [3.8, 4) is 0 Å². The first-order valence-electron chi connectivity index (χ1n) is 13.4. The molecule has 4 aliphatic carbocycles. The minimum atomic E-state index is -0.825. The Kier molecular flexibility index (Phi) is 10.7. The van der Waals surface area contributed by atoms with Crippen LogP contribution in [0.5, 0.6) is 0 Å². The van der Waals surface area contributed by atoms with Crippen molar-refractivity contribution in [1.82, 2.24) is 16.0 Å². The first kappa shape index (κ1) is 31.2. The van der Waals surface area contributed by atoms with Crippen LogP contribution < -0.4 is 21.7 Å². The van der Waals surface area contributed by atoms with Crippen LogP contribution in [0.25, 0.3) is 0 Å². The minimum Gasteiger partial charge on any atom is -0.469 e. The number of methoxy groups -OCH3 is 1. The first-order chi connectivity index (χ1) is 18.2. The first-order valence-corrected chi connectivity index (χ1v) is 14.8. The molecule has 4 bridgehead atoms. The third kappa shape index (κ3) is 7.46. The van der Waals surface area contributed by atoms with E-state index in [2.05, 4.69) is 16.0 Å². The Bertz CT molecular complexity index is 1030. The number of esters is 1. The highest BCUT2D eigenvalue weighted by Crippen LogP contribution is 2.62. The monoisotopic (exact) mass is 580 g/mol. The van der Waals surface area contributed by atoms with Crippen LogP contribution in [0.3, 0.4) is 0 Å². The Morgan fingerprint density at radius 1 is 1.08 bits per heavy atom. The number of hydrogen-bond acceptors (Lipinski definition) is 7. The molecule has 0 saturated heterocycles. The maximum Gasteiger partial charge on any atom is 0.311 e. The molecule has 1 aromatic rings. The molecule has 39 heavy (non-hydrogen) atoms. The molecule has 3 amide bonds. The van der Waals surface area contributed by atoms with E-state index in [1.807, 2.05) is 36.6 Å². The summed E-state index contributed by atoms with van der Waals surface area (Å²) in [6.45, 7) is -0.259. The second kappa shape index (κ2) is 13.4. The zero-order chi connectivity index (χ0) is 27.3. The maximum absolute atomic E-state index is 13.7. The molecule has 5 N–H and O–H groups in total. The second-order valence-electron chi connectivity index (χ2n) is 11.4. The van der Waals surface area contributed by atoms with Crippen molar-refractivity contribution in [2.24, 2.45) is 23.0 Å². The van der Waals surface area contributed by atoms with Gasteiger partial charge >= 0.3 is 5.97 Å². The van der Waals surface area contributed by atoms with Crippen LogP contribution in [0.1, 0.15) is 50.5 Å². The summed E-state index contributed by atoms with van der Waals surface area (Å²) in [6.07, 6.45) is 7.73. The number of nitrogens with two attached hydrogens (primary N) is 1. The number of rotatable bonds is 12. The van der Waals surface area contributed by atoms with Gasteiger partial charge in [-0.2, -0.15) is 11.8 Å². The van der Waals surface area contributed by atoms with E-state index in [1.54, 1.807) is 11.8 Å². The SMILES string of the molecule is COC(=O)C12CC3CC(CC(NC(=O)[C@H](Cc4ccccc4)NC(=O)CNC(=O)[C@H](N)CCSC)(C3)C1)C2.Cl. The van der Waals surface area contributed by atoms with Gasteiger partial charge in [0.2, 0.25) is 17.7 Å².